The van der Waals surface area contributed by atoms with E-state index in [1.165, 1.54) is 10.6 Å². The zero-order chi connectivity index (χ0) is 14.0. The number of anilines is 1. The van der Waals surface area contributed by atoms with Gasteiger partial charge in [0, 0.05) is 41.1 Å². The lowest BCUT2D eigenvalue weighted by Gasteiger charge is -2.29. The van der Waals surface area contributed by atoms with Gasteiger partial charge < -0.3 is 10.6 Å². The van der Waals surface area contributed by atoms with Gasteiger partial charge in [0.15, 0.2) is 0 Å². The Morgan fingerprint density at radius 2 is 2.16 bits per heavy atom. The highest BCUT2D eigenvalue weighted by atomic mass is 32.1. The van der Waals surface area contributed by atoms with Crippen LogP contribution in [0.25, 0.3) is 0 Å². The molecule has 1 atom stereocenters. The Labute approximate surface area is 119 Å². The third-order valence-electron chi connectivity index (χ3n) is 3.56. The van der Waals surface area contributed by atoms with E-state index in [1.807, 2.05) is 13.8 Å². The Balaban J connectivity index is 2.40. The van der Waals surface area contributed by atoms with Crippen molar-refractivity contribution in [3.05, 3.63) is 45.4 Å². The summed E-state index contributed by atoms with van der Waals surface area (Å²) in [6, 6.07) is 6.73. The van der Waals surface area contributed by atoms with Crippen LogP contribution in [0.15, 0.2) is 23.6 Å². The van der Waals surface area contributed by atoms with E-state index in [4.69, 9.17) is 5.73 Å². The molecular formula is C15H21N3S. The highest BCUT2D eigenvalue weighted by molar-refractivity contribution is 7.10. The number of pyridine rings is 1. The second-order valence-corrected chi connectivity index (χ2v) is 5.83. The van der Waals surface area contributed by atoms with Crippen molar-refractivity contribution in [1.82, 2.24) is 4.98 Å². The summed E-state index contributed by atoms with van der Waals surface area (Å²) in [6.07, 6.45) is 0. The quantitative estimate of drug-likeness (QED) is 0.929. The maximum absolute atomic E-state index is 5.89. The van der Waals surface area contributed by atoms with Crippen molar-refractivity contribution in [2.24, 2.45) is 5.73 Å². The Kier molecular flexibility index (Phi) is 4.22. The van der Waals surface area contributed by atoms with Crippen LogP contribution in [0.3, 0.4) is 0 Å². The van der Waals surface area contributed by atoms with Gasteiger partial charge in [-0.05, 0) is 38.3 Å². The number of aryl methyl sites for hydroxylation is 2. The van der Waals surface area contributed by atoms with E-state index in [0.717, 1.165) is 17.0 Å². The molecule has 2 N–H and O–H groups in total. The number of hydrogen-bond acceptors (Lipinski definition) is 4. The molecule has 0 bridgehead atoms. The van der Waals surface area contributed by atoms with Crippen LogP contribution < -0.4 is 10.6 Å². The molecule has 0 aromatic carbocycles. The Bertz CT molecular complexity index is 549. The lowest BCUT2D eigenvalue weighted by molar-refractivity contribution is 0.744. The topological polar surface area (TPSA) is 42.1 Å². The number of nitrogens with zero attached hydrogens (tertiary/aromatic N) is 2. The number of rotatable bonds is 4. The first-order valence-corrected chi connectivity index (χ1v) is 7.36. The van der Waals surface area contributed by atoms with Gasteiger partial charge in [0.25, 0.3) is 0 Å². The molecule has 0 aliphatic carbocycles. The monoisotopic (exact) mass is 275 g/mol. The Hall–Kier alpha value is -1.39. The summed E-state index contributed by atoms with van der Waals surface area (Å²) in [7, 11) is 2.12. The van der Waals surface area contributed by atoms with Crippen LogP contribution in [-0.4, -0.2) is 12.0 Å². The van der Waals surface area contributed by atoms with Gasteiger partial charge in [0.2, 0.25) is 0 Å². The van der Waals surface area contributed by atoms with Crippen molar-refractivity contribution in [3.8, 4) is 0 Å². The second kappa shape index (κ2) is 5.72. The lowest BCUT2D eigenvalue weighted by atomic mass is 10.1. The van der Waals surface area contributed by atoms with Crippen molar-refractivity contribution in [1.29, 1.82) is 0 Å². The van der Waals surface area contributed by atoms with Gasteiger partial charge in [-0.3, -0.25) is 4.98 Å². The normalized spacial score (nSPS) is 12.5. The first-order chi connectivity index (χ1) is 9.04. The van der Waals surface area contributed by atoms with Crippen LogP contribution in [0.1, 0.15) is 34.8 Å². The Morgan fingerprint density at radius 3 is 2.74 bits per heavy atom. The zero-order valence-electron chi connectivity index (χ0n) is 12.0. The van der Waals surface area contributed by atoms with E-state index in [2.05, 4.69) is 47.4 Å². The van der Waals surface area contributed by atoms with Crippen LogP contribution in [0.4, 0.5) is 5.69 Å². The van der Waals surface area contributed by atoms with Crippen molar-refractivity contribution >= 4 is 17.0 Å². The molecule has 2 aromatic heterocycles. The van der Waals surface area contributed by atoms with Gasteiger partial charge in [-0.2, -0.15) is 0 Å². The molecule has 0 aliphatic heterocycles. The highest BCUT2D eigenvalue weighted by Gasteiger charge is 2.17. The maximum Gasteiger partial charge on any atom is 0.0603 e. The third-order valence-corrected chi connectivity index (χ3v) is 4.60. The molecule has 0 radical (unpaired) electrons. The van der Waals surface area contributed by atoms with Gasteiger partial charge in [0.1, 0.15) is 0 Å². The molecule has 4 heteroatoms. The summed E-state index contributed by atoms with van der Waals surface area (Å²) in [6.45, 7) is 6.80. The largest absolute Gasteiger partial charge is 0.367 e. The number of aromatic nitrogens is 1. The van der Waals surface area contributed by atoms with E-state index >= 15 is 0 Å². The average molecular weight is 275 g/mol. The third kappa shape index (κ3) is 2.80. The molecule has 0 saturated heterocycles. The van der Waals surface area contributed by atoms with Crippen molar-refractivity contribution < 1.29 is 0 Å². The van der Waals surface area contributed by atoms with Crippen LogP contribution in [0.2, 0.25) is 0 Å². The fourth-order valence-corrected chi connectivity index (χ4v) is 3.16. The fourth-order valence-electron chi connectivity index (χ4n) is 2.33. The van der Waals surface area contributed by atoms with E-state index in [0.29, 0.717) is 12.6 Å². The second-order valence-electron chi connectivity index (χ2n) is 4.85. The minimum atomic E-state index is 0.339. The number of hydrogen-bond donors (Lipinski definition) is 1. The molecule has 0 saturated carbocycles. The molecule has 0 spiro atoms. The maximum atomic E-state index is 5.89. The van der Waals surface area contributed by atoms with E-state index in [-0.39, 0.29) is 0 Å². The van der Waals surface area contributed by atoms with Gasteiger partial charge in [-0.15, -0.1) is 11.3 Å². The highest BCUT2D eigenvalue weighted by Crippen LogP contribution is 2.31. The van der Waals surface area contributed by atoms with Crippen LogP contribution in [-0.2, 0) is 6.54 Å². The summed E-state index contributed by atoms with van der Waals surface area (Å²) in [4.78, 5) is 8.15. The van der Waals surface area contributed by atoms with E-state index in [1.54, 1.807) is 11.3 Å². The minimum Gasteiger partial charge on any atom is -0.367 e. The predicted octanol–water partition coefficient (Wildman–Crippen LogP) is 3.42. The molecule has 1 unspecified atom stereocenters. The van der Waals surface area contributed by atoms with Crippen LogP contribution in [0.5, 0.6) is 0 Å². The van der Waals surface area contributed by atoms with Gasteiger partial charge in [0.05, 0.1) is 6.04 Å². The number of thiophene rings is 1. The molecule has 3 nitrogen and oxygen atoms in total. The lowest BCUT2D eigenvalue weighted by Crippen LogP contribution is -2.23. The van der Waals surface area contributed by atoms with E-state index < -0.39 is 0 Å². The molecule has 102 valence electrons. The summed E-state index contributed by atoms with van der Waals surface area (Å²) in [5, 5.41) is 2.12. The molecular weight excluding hydrogens is 254 g/mol. The standard InChI is InChI=1S/C15H21N3S/c1-10-8-14(13(9-16)11(2)17-10)18(4)12(3)15-6-5-7-19-15/h5-8,12H,9,16H2,1-4H3. The summed E-state index contributed by atoms with van der Waals surface area (Å²) in [5.41, 5.74) is 10.3. The smallest absolute Gasteiger partial charge is 0.0603 e. The molecule has 2 rings (SSSR count). The summed E-state index contributed by atoms with van der Waals surface area (Å²) in [5.74, 6) is 0. The van der Waals surface area contributed by atoms with Gasteiger partial charge in [-0.1, -0.05) is 6.07 Å². The molecule has 0 aliphatic rings. The molecule has 0 amide bonds. The average Bonchev–Trinajstić information content (AvgIpc) is 2.90. The van der Waals surface area contributed by atoms with Gasteiger partial charge >= 0.3 is 0 Å². The first kappa shape index (κ1) is 14.0. The molecule has 0 fully saturated rings. The summed E-state index contributed by atoms with van der Waals surface area (Å²) >= 11 is 1.79. The molecule has 2 aromatic rings. The zero-order valence-corrected chi connectivity index (χ0v) is 12.8. The predicted molar refractivity (Wildman–Crippen MR) is 82.7 cm³/mol. The van der Waals surface area contributed by atoms with Crippen molar-refractivity contribution in [3.63, 3.8) is 0 Å². The fraction of sp³-hybridized carbons (Fsp3) is 0.400. The van der Waals surface area contributed by atoms with E-state index in [9.17, 15) is 0 Å². The molecule has 2 heterocycles. The van der Waals surface area contributed by atoms with Gasteiger partial charge in [-0.25, -0.2) is 0 Å². The SMILES string of the molecule is Cc1cc(N(C)C(C)c2cccs2)c(CN)c(C)n1. The van der Waals surface area contributed by atoms with Crippen LogP contribution in [0, 0.1) is 13.8 Å². The van der Waals surface area contributed by atoms with Crippen molar-refractivity contribution in [2.45, 2.75) is 33.4 Å². The van der Waals surface area contributed by atoms with Crippen LogP contribution >= 0.6 is 11.3 Å². The minimum absolute atomic E-state index is 0.339. The number of nitrogens with two attached hydrogens (primary N) is 1. The van der Waals surface area contributed by atoms with Crippen molar-refractivity contribution in [2.75, 3.05) is 11.9 Å². The first-order valence-electron chi connectivity index (χ1n) is 6.48. The summed E-state index contributed by atoms with van der Waals surface area (Å²) < 4.78 is 0. The Morgan fingerprint density at radius 1 is 1.42 bits per heavy atom. The molecule has 19 heavy (non-hydrogen) atoms.